The number of hydrogen-bond acceptors (Lipinski definition) is 6. The highest BCUT2D eigenvalue weighted by molar-refractivity contribution is 5.92. The summed E-state index contributed by atoms with van der Waals surface area (Å²) in [6, 6.07) is 13.6. The Kier molecular flexibility index (Phi) is 4.09. The first-order valence-corrected chi connectivity index (χ1v) is 9.19. The maximum absolute atomic E-state index is 12.2. The van der Waals surface area contributed by atoms with Crippen LogP contribution in [0.5, 0.6) is 0 Å². The molecule has 0 radical (unpaired) electrons. The predicted molar refractivity (Wildman–Crippen MR) is 110 cm³/mol. The van der Waals surface area contributed by atoms with Gasteiger partial charge in [0.2, 0.25) is 0 Å². The fourth-order valence-electron chi connectivity index (χ4n) is 3.39. The van der Waals surface area contributed by atoms with Crippen molar-refractivity contribution in [2.75, 3.05) is 0 Å². The van der Waals surface area contributed by atoms with Gasteiger partial charge in [-0.05, 0) is 17.7 Å². The van der Waals surface area contributed by atoms with Gasteiger partial charge in [-0.15, -0.1) is 10.2 Å². The molecule has 148 valence electrons. The van der Waals surface area contributed by atoms with Gasteiger partial charge < -0.3 is 4.98 Å². The Balaban J connectivity index is 1.65. The number of nitrogens with one attached hydrogen (secondary N) is 2. The van der Waals surface area contributed by atoms with Gasteiger partial charge in [-0.2, -0.15) is 10.2 Å². The van der Waals surface area contributed by atoms with Crippen LogP contribution in [0.15, 0.2) is 64.4 Å². The van der Waals surface area contributed by atoms with E-state index in [1.165, 1.54) is 6.20 Å². The average molecular weight is 400 g/mol. The number of nitrogens with zero attached hydrogens (tertiary/aromatic N) is 6. The SMILES string of the molecule is Cn1nc(-c2ccnn2Cc2ccccc2)c2cc(-c3c[nH]c(=O)[nH]c3=O)nnc21. The normalized spacial score (nSPS) is 11.2. The summed E-state index contributed by atoms with van der Waals surface area (Å²) in [6.07, 6.45) is 3.05. The highest BCUT2D eigenvalue weighted by Gasteiger charge is 2.18. The Morgan fingerprint density at radius 1 is 1.07 bits per heavy atom. The van der Waals surface area contributed by atoms with Crippen molar-refractivity contribution < 1.29 is 0 Å². The highest BCUT2D eigenvalue weighted by atomic mass is 16.2. The smallest absolute Gasteiger partial charge is 0.313 e. The van der Waals surface area contributed by atoms with Crippen molar-refractivity contribution in [2.45, 2.75) is 6.54 Å². The second-order valence-corrected chi connectivity index (χ2v) is 6.78. The molecule has 0 aliphatic rings. The molecule has 0 saturated heterocycles. The monoisotopic (exact) mass is 400 g/mol. The molecule has 0 unspecified atom stereocenters. The van der Waals surface area contributed by atoms with Gasteiger partial charge in [-0.3, -0.25) is 14.5 Å². The number of rotatable bonds is 4. The van der Waals surface area contributed by atoms with Crippen molar-refractivity contribution in [1.82, 2.24) is 39.7 Å². The Labute approximate surface area is 168 Å². The number of hydrogen-bond donors (Lipinski definition) is 2. The zero-order valence-electron chi connectivity index (χ0n) is 15.9. The molecule has 10 heteroatoms. The van der Waals surface area contributed by atoms with Crippen LogP contribution < -0.4 is 11.2 Å². The summed E-state index contributed by atoms with van der Waals surface area (Å²) < 4.78 is 3.50. The molecule has 0 aliphatic heterocycles. The molecule has 5 aromatic rings. The lowest BCUT2D eigenvalue weighted by Gasteiger charge is -2.06. The van der Waals surface area contributed by atoms with Crippen LogP contribution in [0.1, 0.15) is 5.56 Å². The topological polar surface area (TPSA) is 127 Å². The van der Waals surface area contributed by atoms with Gasteiger partial charge in [-0.25, -0.2) is 9.48 Å². The van der Waals surface area contributed by atoms with Crippen LogP contribution in [-0.2, 0) is 13.6 Å². The van der Waals surface area contributed by atoms with Crippen LogP contribution in [0.2, 0.25) is 0 Å². The van der Waals surface area contributed by atoms with Crippen LogP contribution in [0.4, 0.5) is 0 Å². The molecule has 0 amide bonds. The molecule has 4 aromatic heterocycles. The van der Waals surface area contributed by atoms with Gasteiger partial charge in [0.05, 0.1) is 23.2 Å². The second kappa shape index (κ2) is 6.92. The van der Waals surface area contributed by atoms with Gasteiger partial charge in [0, 0.05) is 19.4 Å². The van der Waals surface area contributed by atoms with Crippen molar-refractivity contribution in [1.29, 1.82) is 0 Å². The molecule has 10 nitrogen and oxygen atoms in total. The van der Waals surface area contributed by atoms with Gasteiger partial charge in [0.1, 0.15) is 11.4 Å². The summed E-state index contributed by atoms with van der Waals surface area (Å²) in [4.78, 5) is 28.1. The van der Waals surface area contributed by atoms with Crippen molar-refractivity contribution in [3.63, 3.8) is 0 Å². The first-order chi connectivity index (χ1) is 14.6. The third-order valence-corrected chi connectivity index (χ3v) is 4.82. The Hall–Kier alpha value is -4.34. The quantitative estimate of drug-likeness (QED) is 0.468. The minimum Gasteiger partial charge on any atom is -0.313 e. The summed E-state index contributed by atoms with van der Waals surface area (Å²) in [5.74, 6) is 0. The third-order valence-electron chi connectivity index (χ3n) is 4.82. The Bertz CT molecular complexity index is 1480. The summed E-state index contributed by atoms with van der Waals surface area (Å²) in [7, 11) is 1.78. The van der Waals surface area contributed by atoms with Crippen LogP contribution in [0, 0.1) is 0 Å². The Morgan fingerprint density at radius 3 is 2.70 bits per heavy atom. The summed E-state index contributed by atoms with van der Waals surface area (Å²) in [5.41, 5.74) is 2.62. The van der Waals surface area contributed by atoms with Crippen LogP contribution in [-0.4, -0.2) is 39.7 Å². The van der Waals surface area contributed by atoms with E-state index in [0.29, 0.717) is 23.6 Å². The molecule has 0 fully saturated rings. The predicted octanol–water partition coefficient (Wildman–Crippen LogP) is 1.32. The molecule has 30 heavy (non-hydrogen) atoms. The largest absolute Gasteiger partial charge is 0.325 e. The van der Waals surface area contributed by atoms with Crippen molar-refractivity contribution >= 4 is 11.0 Å². The number of aromatic nitrogens is 8. The van der Waals surface area contributed by atoms with E-state index in [1.807, 2.05) is 41.1 Å². The third kappa shape index (κ3) is 3.00. The van der Waals surface area contributed by atoms with E-state index in [-0.39, 0.29) is 5.56 Å². The zero-order chi connectivity index (χ0) is 20.7. The molecular formula is C20H16N8O2. The van der Waals surface area contributed by atoms with E-state index in [2.05, 4.69) is 30.4 Å². The molecule has 0 atom stereocenters. The zero-order valence-corrected chi connectivity index (χ0v) is 15.9. The maximum Gasteiger partial charge on any atom is 0.325 e. The van der Waals surface area contributed by atoms with E-state index in [0.717, 1.165) is 16.6 Å². The van der Waals surface area contributed by atoms with Gasteiger partial charge in [0.15, 0.2) is 5.65 Å². The van der Waals surface area contributed by atoms with Gasteiger partial charge >= 0.3 is 5.69 Å². The van der Waals surface area contributed by atoms with E-state index >= 15 is 0 Å². The van der Waals surface area contributed by atoms with Crippen molar-refractivity contribution in [3.05, 3.63) is 81.3 Å². The van der Waals surface area contributed by atoms with E-state index < -0.39 is 11.2 Å². The fourth-order valence-corrected chi connectivity index (χ4v) is 3.39. The maximum atomic E-state index is 12.2. The first-order valence-electron chi connectivity index (χ1n) is 9.19. The lowest BCUT2D eigenvalue weighted by atomic mass is 10.1. The number of fused-ring (bicyclic) bond motifs is 1. The molecule has 5 rings (SSSR count). The lowest BCUT2D eigenvalue weighted by molar-refractivity contribution is 0.689. The number of H-pyrrole nitrogens is 2. The average Bonchev–Trinajstić information content (AvgIpc) is 3.32. The van der Waals surface area contributed by atoms with Crippen LogP contribution in [0.25, 0.3) is 33.7 Å². The second-order valence-electron chi connectivity index (χ2n) is 6.78. The number of benzene rings is 1. The standard InChI is InChI=1S/C20H16N8O2/c1-27-18-13(9-15(24-25-18)14-10-21-20(30)23-19(14)29)17(26-27)16-7-8-22-28(16)11-12-5-3-2-4-6-12/h2-10H,11H2,1H3,(H2,21,23,29,30). The van der Waals surface area contributed by atoms with E-state index in [9.17, 15) is 9.59 Å². The number of aromatic amines is 2. The summed E-state index contributed by atoms with van der Waals surface area (Å²) >= 11 is 0. The molecular weight excluding hydrogens is 384 g/mol. The van der Waals surface area contributed by atoms with Crippen LogP contribution >= 0.6 is 0 Å². The minimum absolute atomic E-state index is 0.219. The Morgan fingerprint density at radius 2 is 1.90 bits per heavy atom. The summed E-state index contributed by atoms with van der Waals surface area (Å²) in [5, 5.41) is 18.2. The lowest BCUT2D eigenvalue weighted by Crippen LogP contribution is -2.22. The minimum atomic E-state index is -0.579. The van der Waals surface area contributed by atoms with Crippen LogP contribution in [0.3, 0.4) is 0 Å². The summed E-state index contributed by atoms with van der Waals surface area (Å²) in [6.45, 7) is 0.589. The number of aryl methyl sites for hydroxylation is 1. The molecule has 0 bridgehead atoms. The van der Waals surface area contributed by atoms with Crippen molar-refractivity contribution in [3.8, 4) is 22.6 Å². The van der Waals surface area contributed by atoms with Crippen molar-refractivity contribution in [2.24, 2.45) is 7.05 Å². The highest BCUT2D eigenvalue weighted by Crippen LogP contribution is 2.28. The van der Waals surface area contributed by atoms with E-state index in [1.54, 1.807) is 24.0 Å². The molecule has 2 N–H and O–H groups in total. The molecule has 0 aliphatic carbocycles. The van der Waals surface area contributed by atoms with Gasteiger partial charge in [0.25, 0.3) is 5.56 Å². The fraction of sp³-hybridized carbons (Fsp3) is 0.100. The molecule has 1 aromatic carbocycles. The molecule has 4 heterocycles. The molecule has 0 saturated carbocycles. The molecule has 0 spiro atoms. The first kappa shape index (κ1) is 17.7. The van der Waals surface area contributed by atoms with E-state index in [4.69, 9.17) is 0 Å². The van der Waals surface area contributed by atoms with Gasteiger partial charge in [-0.1, -0.05) is 30.3 Å².